The zero-order valence-corrected chi connectivity index (χ0v) is 19.4. The Morgan fingerprint density at radius 2 is 1.65 bits per heavy atom. The Kier molecular flexibility index (Phi) is 6.32. The van der Waals surface area contributed by atoms with Crippen LogP contribution in [-0.4, -0.2) is 34.5 Å². The number of rotatable bonds is 6. The molecule has 5 rings (SSSR count). The molecule has 0 spiro atoms. The fourth-order valence-corrected chi connectivity index (χ4v) is 4.57. The number of hydrogen-bond acceptors (Lipinski definition) is 4. The van der Waals surface area contributed by atoms with E-state index in [0.717, 1.165) is 43.6 Å². The molecule has 0 atom stereocenters. The van der Waals surface area contributed by atoms with Crippen molar-refractivity contribution in [2.24, 2.45) is 0 Å². The maximum Gasteiger partial charge on any atom is 0.420 e. The van der Waals surface area contributed by atoms with Gasteiger partial charge in [-0.1, -0.05) is 60.2 Å². The van der Waals surface area contributed by atoms with E-state index >= 15 is 0 Å². The third-order valence-corrected chi connectivity index (χ3v) is 6.56. The van der Waals surface area contributed by atoms with Crippen LogP contribution in [0, 0.1) is 6.92 Å². The Morgan fingerprint density at radius 1 is 0.941 bits per heavy atom. The Hall–Kier alpha value is -3.64. The smallest absolute Gasteiger partial charge is 0.408 e. The van der Waals surface area contributed by atoms with Crippen molar-refractivity contribution in [1.82, 2.24) is 14.8 Å². The largest absolute Gasteiger partial charge is 0.420 e. The fraction of sp³-hybridized carbons (Fsp3) is 0.286. The molecule has 1 N–H and O–H groups in total. The van der Waals surface area contributed by atoms with Crippen LogP contribution in [0.25, 0.3) is 11.1 Å². The first kappa shape index (κ1) is 22.2. The molecule has 0 unspecified atom stereocenters. The van der Waals surface area contributed by atoms with E-state index < -0.39 is 5.76 Å². The van der Waals surface area contributed by atoms with Crippen molar-refractivity contribution in [3.63, 3.8) is 0 Å². The number of aryl methyl sites for hydroxylation is 1. The molecule has 6 nitrogen and oxygen atoms in total. The van der Waals surface area contributed by atoms with Gasteiger partial charge in [-0.3, -0.25) is 14.3 Å². The number of carbonyl (C=O) groups is 1. The van der Waals surface area contributed by atoms with Gasteiger partial charge in [-0.25, -0.2) is 4.79 Å². The fourth-order valence-electron chi connectivity index (χ4n) is 4.57. The SMILES string of the molecule is Cc1ccc(Cn2c(=O)oc3ccc(C(=O)NC4CCN(Cc5ccccc5)CC4)cc32)cc1. The summed E-state index contributed by atoms with van der Waals surface area (Å²) in [6, 6.07) is 23.9. The minimum Gasteiger partial charge on any atom is -0.408 e. The molecule has 1 fully saturated rings. The van der Waals surface area contributed by atoms with Gasteiger partial charge in [0.05, 0.1) is 12.1 Å². The topological polar surface area (TPSA) is 67.5 Å². The molecule has 1 aliphatic rings. The van der Waals surface area contributed by atoms with Gasteiger partial charge >= 0.3 is 5.76 Å². The van der Waals surface area contributed by atoms with Crippen LogP contribution in [0.2, 0.25) is 0 Å². The van der Waals surface area contributed by atoms with Crippen LogP contribution in [0.15, 0.2) is 82.0 Å². The van der Waals surface area contributed by atoms with Crippen LogP contribution >= 0.6 is 0 Å². The number of aromatic nitrogens is 1. The number of likely N-dealkylation sites (tertiary alicyclic amines) is 1. The summed E-state index contributed by atoms with van der Waals surface area (Å²) in [7, 11) is 0. The minimum absolute atomic E-state index is 0.112. The van der Waals surface area contributed by atoms with Crippen LogP contribution in [0.3, 0.4) is 0 Å². The number of amides is 1. The molecule has 2 heterocycles. The first-order valence-electron chi connectivity index (χ1n) is 11.8. The maximum atomic E-state index is 13.0. The predicted molar refractivity (Wildman–Crippen MR) is 133 cm³/mol. The number of hydrogen-bond donors (Lipinski definition) is 1. The van der Waals surface area contributed by atoms with Gasteiger partial charge in [0, 0.05) is 31.2 Å². The zero-order chi connectivity index (χ0) is 23.5. The van der Waals surface area contributed by atoms with Crippen molar-refractivity contribution in [1.29, 1.82) is 0 Å². The lowest BCUT2D eigenvalue weighted by Gasteiger charge is -2.32. The first-order valence-corrected chi connectivity index (χ1v) is 11.8. The highest BCUT2D eigenvalue weighted by molar-refractivity contribution is 5.97. The lowest BCUT2D eigenvalue weighted by atomic mass is 10.0. The van der Waals surface area contributed by atoms with Gasteiger partial charge in [0.25, 0.3) is 5.91 Å². The maximum absolute atomic E-state index is 13.0. The summed E-state index contributed by atoms with van der Waals surface area (Å²) in [6.45, 7) is 5.28. The molecule has 4 aromatic rings. The lowest BCUT2D eigenvalue weighted by molar-refractivity contribution is 0.0909. The van der Waals surface area contributed by atoms with Crippen molar-refractivity contribution in [2.75, 3.05) is 13.1 Å². The summed E-state index contributed by atoms with van der Waals surface area (Å²) < 4.78 is 6.99. The number of oxazole rings is 1. The normalized spacial score (nSPS) is 15.0. The van der Waals surface area contributed by atoms with Gasteiger partial charge in [-0.2, -0.15) is 0 Å². The molecule has 0 radical (unpaired) electrons. The number of nitrogens with zero attached hydrogens (tertiary/aromatic N) is 2. The molecule has 174 valence electrons. The summed E-state index contributed by atoms with van der Waals surface area (Å²) in [5.41, 5.74) is 5.15. The quantitative estimate of drug-likeness (QED) is 0.470. The summed E-state index contributed by atoms with van der Waals surface area (Å²) in [5.74, 6) is -0.530. The predicted octanol–water partition coefficient (Wildman–Crippen LogP) is 4.35. The second-order valence-electron chi connectivity index (χ2n) is 9.13. The number of fused-ring (bicyclic) bond motifs is 1. The molecule has 6 heteroatoms. The van der Waals surface area contributed by atoms with Crippen LogP contribution in [0.1, 0.15) is 39.9 Å². The average molecular weight is 456 g/mol. The Morgan fingerprint density at radius 3 is 2.38 bits per heavy atom. The standard InChI is InChI=1S/C28H29N3O3/c1-20-7-9-22(10-8-20)19-31-25-17-23(11-12-26(25)34-28(31)33)27(32)29-24-13-15-30(16-14-24)18-21-5-3-2-4-6-21/h2-12,17,24H,13-16,18-19H2,1H3,(H,29,32). The molecule has 34 heavy (non-hydrogen) atoms. The van der Waals surface area contributed by atoms with E-state index in [-0.39, 0.29) is 11.9 Å². The number of carbonyl (C=O) groups excluding carboxylic acids is 1. The highest BCUT2D eigenvalue weighted by atomic mass is 16.4. The van der Waals surface area contributed by atoms with Crippen molar-refractivity contribution in [3.05, 3.63) is 106 Å². The second-order valence-corrected chi connectivity index (χ2v) is 9.13. The van der Waals surface area contributed by atoms with Gasteiger partial charge in [-0.15, -0.1) is 0 Å². The van der Waals surface area contributed by atoms with E-state index in [4.69, 9.17) is 4.42 Å². The monoisotopic (exact) mass is 455 g/mol. The summed E-state index contributed by atoms with van der Waals surface area (Å²) >= 11 is 0. The highest BCUT2D eigenvalue weighted by Crippen LogP contribution is 2.19. The number of benzene rings is 3. The molecule has 0 saturated carbocycles. The van der Waals surface area contributed by atoms with E-state index in [1.807, 2.05) is 37.3 Å². The van der Waals surface area contributed by atoms with Crippen LogP contribution in [-0.2, 0) is 13.1 Å². The lowest BCUT2D eigenvalue weighted by Crippen LogP contribution is -2.44. The average Bonchev–Trinajstić information content (AvgIpc) is 3.16. The Bertz CT molecular complexity index is 1330. The first-order chi connectivity index (χ1) is 16.5. The van der Waals surface area contributed by atoms with E-state index in [9.17, 15) is 9.59 Å². The summed E-state index contributed by atoms with van der Waals surface area (Å²) in [6.07, 6.45) is 1.84. The third-order valence-electron chi connectivity index (χ3n) is 6.56. The van der Waals surface area contributed by atoms with Crippen LogP contribution in [0.5, 0.6) is 0 Å². The molecular weight excluding hydrogens is 426 g/mol. The zero-order valence-electron chi connectivity index (χ0n) is 19.4. The minimum atomic E-state index is -0.418. The molecule has 3 aromatic carbocycles. The summed E-state index contributed by atoms with van der Waals surface area (Å²) in [4.78, 5) is 27.9. The molecule has 1 amide bonds. The summed E-state index contributed by atoms with van der Waals surface area (Å²) in [5, 5.41) is 3.18. The van der Waals surface area contributed by atoms with E-state index in [2.05, 4.69) is 34.5 Å². The number of piperidine rings is 1. The molecule has 0 bridgehead atoms. The van der Waals surface area contributed by atoms with E-state index in [0.29, 0.717) is 23.2 Å². The van der Waals surface area contributed by atoms with Crippen LogP contribution in [0.4, 0.5) is 0 Å². The molecule has 0 aliphatic carbocycles. The van der Waals surface area contributed by atoms with Gasteiger partial charge in [0.1, 0.15) is 0 Å². The Labute approximate surface area is 198 Å². The van der Waals surface area contributed by atoms with E-state index in [1.165, 1.54) is 5.56 Å². The molecule has 1 aliphatic heterocycles. The van der Waals surface area contributed by atoms with Gasteiger partial charge in [-0.05, 0) is 49.1 Å². The van der Waals surface area contributed by atoms with Gasteiger partial charge < -0.3 is 9.73 Å². The van der Waals surface area contributed by atoms with Crippen molar-refractivity contribution >= 4 is 17.0 Å². The highest BCUT2D eigenvalue weighted by Gasteiger charge is 2.22. The van der Waals surface area contributed by atoms with Crippen molar-refractivity contribution < 1.29 is 9.21 Å². The van der Waals surface area contributed by atoms with E-state index in [1.54, 1.807) is 22.8 Å². The van der Waals surface area contributed by atoms with Gasteiger partial charge in [0.15, 0.2) is 5.58 Å². The number of nitrogens with one attached hydrogen (secondary N) is 1. The van der Waals surface area contributed by atoms with Crippen molar-refractivity contribution in [3.8, 4) is 0 Å². The van der Waals surface area contributed by atoms with Crippen LogP contribution < -0.4 is 11.1 Å². The Balaban J connectivity index is 1.25. The molecule has 1 saturated heterocycles. The third kappa shape index (κ3) is 4.97. The van der Waals surface area contributed by atoms with Gasteiger partial charge in [0.2, 0.25) is 0 Å². The molecule has 1 aromatic heterocycles. The van der Waals surface area contributed by atoms with Crippen molar-refractivity contribution in [2.45, 2.75) is 38.9 Å². The molecular formula is C28H29N3O3. The second kappa shape index (κ2) is 9.69.